The van der Waals surface area contributed by atoms with Gasteiger partial charge in [0, 0.05) is 5.92 Å². The van der Waals surface area contributed by atoms with Gasteiger partial charge in [-0.2, -0.15) is 5.10 Å². The van der Waals surface area contributed by atoms with Gasteiger partial charge in [-0.25, -0.2) is 4.98 Å². The van der Waals surface area contributed by atoms with E-state index in [-0.39, 0.29) is 0 Å². The van der Waals surface area contributed by atoms with Gasteiger partial charge in [0.05, 0.1) is 0 Å². The smallest absolute Gasteiger partial charge is 0.181 e. The van der Waals surface area contributed by atoms with Crippen molar-refractivity contribution in [2.24, 2.45) is 0 Å². The Labute approximate surface area is 90.1 Å². The SMILES string of the molecule is CC(C)(O)c1n[nH]c(C2CCCCC2)n1. The molecule has 1 aromatic rings. The van der Waals surface area contributed by atoms with Gasteiger partial charge in [0.25, 0.3) is 0 Å². The van der Waals surface area contributed by atoms with Crippen LogP contribution in [0.4, 0.5) is 0 Å². The molecule has 0 saturated heterocycles. The van der Waals surface area contributed by atoms with Gasteiger partial charge < -0.3 is 5.11 Å². The molecule has 0 amide bonds. The normalized spacial score (nSPS) is 19.4. The van der Waals surface area contributed by atoms with Crippen LogP contribution in [0.3, 0.4) is 0 Å². The molecule has 0 bridgehead atoms. The second kappa shape index (κ2) is 3.93. The molecule has 0 aliphatic heterocycles. The van der Waals surface area contributed by atoms with Crippen LogP contribution in [0.15, 0.2) is 0 Å². The van der Waals surface area contributed by atoms with Crippen LogP contribution in [0.25, 0.3) is 0 Å². The molecule has 1 aromatic heterocycles. The van der Waals surface area contributed by atoms with Gasteiger partial charge in [0.2, 0.25) is 0 Å². The highest BCUT2D eigenvalue weighted by Crippen LogP contribution is 2.31. The van der Waals surface area contributed by atoms with E-state index in [1.54, 1.807) is 13.8 Å². The molecule has 1 aliphatic carbocycles. The van der Waals surface area contributed by atoms with Crippen molar-refractivity contribution in [3.8, 4) is 0 Å². The molecule has 0 radical (unpaired) electrons. The lowest BCUT2D eigenvalue weighted by Gasteiger charge is -2.18. The average molecular weight is 209 g/mol. The number of nitrogens with zero attached hydrogens (tertiary/aromatic N) is 2. The van der Waals surface area contributed by atoms with Crippen molar-refractivity contribution in [3.63, 3.8) is 0 Å². The fourth-order valence-corrected chi connectivity index (χ4v) is 2.11. The van der Waals surface area contributed by atoms with Gasteiger partial charge in [0.1, 0.15) is 11.4 Å². The maximum absolute atomic E-state index is 9.76. The molecule has 1 saturated carbocycles. The number of H-pyrrole nitrogens is 1. The Morgan fingerprint density at radius 2 is 1.93 bits per heavy atom. The van der Waals surface area contributed by atoms with Crippen molar-refractivity contribution in [1.29, 1.82) is 0 Å². The molecule has 84 valence electrons. The molecular formula is C11H19N3O. The first-order chi connectivity index (χ1) is 7.07. The zero-order valence-electron chi connectivity index (χ0n) is 9.45. The number of nitrogens with one attached hydrogen (secondary N) is 1. The molecule has 2 N–H and O–H groups in total. The van der Waals surface area contributed by atoms with Gasteiger partial charge in [0.15, 0.2) is 5.82 Å². The highest BCUT2D eigenvalue weighted by atomic mass is 16.3. The fourth-order valence-electron chi connectivity index (χ4n) is 2.11. The first kappa shape index (κ1) is 10.6. The Hall–Kier alpha value is -0.900. The molecular weight excluding hydrogens is 190 g/mol. The number of aliphatic hydroxyl groups is 1. The number of hydrogen-bond acceptors (Lipinski definition) is 3. The highest BCUT2D eigenvalue weighted by Gasteiger charge is 2.25. The summed E-state index contributed by atoms with van der Waals surface area (Å²) in [5.41, 5.74) is -0.941. The fraction of sp³-hybridized carbons (Fsp3) is 0.818. The van der Waals surface area contributed by atoms with Crippen molar-refractivity contribution in [2.45, 2.75) is 57.5 Å². The van der Waals surface area contributed by atoms with Gasteiger partial charge in [-0.3, -0.25) is 5.10 Å². The largest absolute Gasteiger partial charge is 0.382 e. The third-order valence-corrected chi connectivity index (χ3v) is 3.04. The van der Waals surface area contributed by atoms with Crippen molar-refractivity contribution in [2.75, 3.05) is 0 Å². The van der Waals surface area contributed by atoms with Crippen LogP contribution in [0.1, 0.15) is 63.5 Å². The third kappa shape index (κ3) is 2.37. The summed E-state index contributed by atoms with van der Waals surface area (Å²) >= 11 is 0. The van der Waals surface area contributed by atoms with Gasteiger partial charge in [-0.15, -0.1) is 0 Å². The number of rotatable bonds is 2. The van der Waals surface area contributed by atoms with Crippen molar-refractivity contribution in [1.82, 2.24) is 15.2 Å². The zero-order valence-corrected chi connectivity index (χ0v) is 9.45. The van der Waals surface area contributed by atoms with E-state index in [2.05, 4.69) is 15.2 Å². The molecule has 0 spiro atoms. The molecule has 1 aliphatic rings. The lowest BCUT2D eigenvalue weighted by Crippen LogP contribution is -2.17. The van der Waals surface area contributed by atoms with E-state index in [1.165, 1.54) is 32.1 Å². The Bertz CT molecular complexity index is 321. The second-order valence-corrected chi connectivity index (χ2v) is 4.94. The molecule has 0 unspecified atom stereocenters. The molecule has 4 nitrogen and oxygen atoms in total. The van der Waals surface area contributed by atoms with Crippen molar-refractivity contribution >= 4 is 0 Å². The standard InChI is InChI=1S/C11H19N3O/c1-11(2,15)10-12-9(13-14-10)8-6-4-3-5-7-8/h8,15H,3-7H2,1-2H3,(H,12,13,14). The van der Waals surface area contributed by atoms with Gasteiger partial charge in [-0.1, -0.05) is 19.3 Å². The second-order valence-electron chi connectivity index (χ2n) is 4.94. The summed E-state index contributed by atoms with van der Waals surface area (Å²) < 4.78 is 0. The van der Waals surface area contributed by atoms with Crippen LogP contribution in [-0.4, -0.2) is 20.3 Å². The maximum atomic E-state index is 9.76. The molecule has 1 heterocycles. The van der Waals surface area contributed by atoms with Crippen molar-refractivity contribution in [3.05, 3.63) is 11.6 Å². The minimum Gasteiger partial charge on any atom is -0.382 e. The van der Waals surface area contributed by atoms with E-state index in [0.29, 0.717) is 11.7 Å². The molecule has 0 aromatic carbocycles. The van der Waals surface area contributed by atoms with Crippen LogP contribution < -0.4 is 0 Å². The Kier molecular flexibility index (Phi) is 2.78. The quantitative estimate of drug-likeness (QED) is 0.784. The van der Waals surface area contributed by atoms with Crippen LogP contribution in [0, 0.1) is 0 Å². The summed E-state index contributed by atoms with van der Waals surface area (Å²) in [6, 6.07) is 0. The first-order valence-electron chi connectivity index (χ1n) is 5.72. The summed E-state index contributed by atoms with van der Waals surface area (Å²) in [7, 11) is 0. The lowest BCUT2D eigenvalue weighted by molar-refractivity contribution is 0.0690. The minimum atomic E-state index is -0.941. The third-order valence-electron chi connectivity index (χ3n) is 3.04. The van der Waals surface area contributed by atoms with E-state index < -0.39 is 5.60 Å². The summed E-state index contributed by atoms with van der Waals surface area (Å²) in [5, 5.41) is 16.8. The summed E-state index contributed by atoms with van der Waals surface area (Å²) in [4.78, 5) is 4.39. The predicted octanol–water partition coefficient (Wildman–Crippen LogP) is 2.08. The van der Waals surface area contributed by atoms with Crippen LogP contribution in [0.5, 0.6) is 0 Å². The average Bonchev–Trinajstić information content (AvgIpc) is 2.67. The summed E-state index contributed by atoms with van der Waals surface area (Å²) in [6.07, 6.45) is 6.29. The van der Waals surface area contributed by atoms with Crippen molar-refractivity contribution < 1.29 is 5.11 Å². The summed E-state index contributed by atoms with van der Waals surface area (Å²) in [6.45, 7) is 3.42. The summed E-state index contributed by atoms with van der Waals surface area (Å²) in [5.74, 6) is 1.97. The first-order valence-corrected chi connectivity index (χ1v) is 5.72. The van der Waals surface area contributed by atoms with Crippen LogP contribution >= 0.6 is 0 Å². The van der Waals surface area contributed by atoms with E-state index >= 15 is 0 Å². The minimum absolute atomic E-state index is 0.503. The van der Waals surface area contributed by atoms with E-state index in [0.717, 1.165) is 5.82 Å². The number of hydrogen-bond donors (Lipinski definition) is 2. The topological polar surface area (TPSA) is 61.8 Å². The lowest BCUT2D eigenvalue weighted by atomic mass is 9.89. The van der Waals surface area contributed by atoms with Gasteiger partial charge in [-0.05, 0) is 26.7 Å². The molecule has 2 rings (SSSR count). The molecule has 15 heavy (non-hydrogen) atoms. The Balaban J connectivity index is 2.12. The maximum Gasteiger partial charge on any atom is 0.181 e. The van der Waals surface area contributed by atoms with E-state index in [1.807, 2.05) is 0 Å². The van der Waals surface area contributed by atoms with Gasteiger partial charge >= 0.3 is 0 Å². The van der Waals surface area contributed by atoms with E-state index in [4.69, 9.17) is 0 Å². The number of aromatic nitrogens is 3. The predicted molar refractivity (Wildman–Crippen MR) is 57.5 cm³/mol. The molecule has 0 atom stereocenters. The zero-order chi connectivity index (χ0) is 10.9. The Morgan fingerprint density at radius 1 is 1.27 bits per heavy atom. The monoisotopic (exact) mass is 209 g/mol. The molecule has 4 heteroatoms. The number of aromatic amines is 1. The Morgan fingerprint density at radius 3 is 2.47 bits per heavy atom. The highest BCUT2D eigenvalue weighted by molar-refractivity contribution is 5.03. The van der Waals surface area contributed by atoms with Crippen LogP contribution in [-0.2, 0) is 5.60 Å². The molecule has 1 fully saturated rings. The van der Waals surface area contributed by atoms with E-state index in [9.17, 15) is 5.11 Å². The van der Waals surface area contributed by atoms with Crippen LogP contribution in [0.2, 0.25) is 0 Å².